The van der Waals surface area contributed by atoms with Crippen LogP contribution in [0.2, 0.25) is 0 Å². The van der Waals surface area contributed by atoms with Gasteiger partial charge in [-0.05, 0) is 57.5 Å². The fourth-order valence-electron chi connectivity index (χ4n) is 3.41. The first-order valence-electron chi connectivity index (χ1n) is 7.94. The smallest absolute Gasteiger partial charge is 0.325 e. The number of aliphatic carboxylic acids is 1. The van der Waals surface area contributed by atoms with E-state index in [1.165, 1.54) is 25.7 Å². The molecule has 0 aromatic heterocycles. The molecule has 0 spiro atoms. The van der Waals surface area contributed by atoms with E-state index in [-0.39, 0.29) is 0 Å². The molecule has 1 heterocycles. The van der Waals surface area contributed by atoms with E-state index in [0.29, 0.717) is 18.5 Å². The summed E-state index contributed by atoms with van der Waals surface area (Å²) in [6.45, 7) is 2.87. The Labute approximate surface area is 115 Å². The highest BCUT2D eigenvalue weighted by atomic mass is 16.4. The fourth-order valence-corrected chi connectivity index (χ4v) is 3.41. The van der Waals surface area contributed by atoms with Gasteiger partial charge in [-0.1, -0.05) is 12.8 Å². The van der Waals surface area contributed by atoms with Gasteiger partial charge in [0.15, 0.2) is 0 Å². The second-order valence-corrected chi connectivity index (χ2v) is 6.66. The molecule has 1 saturated heterocycles. The van der Waals surface area contributed by atoms with Gasteiger partial charge >= 0.3 is 5.97 Å². The first-order valence-corrected chi connectivity index (χ1v) is 7.94. The molecule has 4 heteroatoms. The van der Waals surface area contributed by atoms with Crippen molar-refractivity contribution in [2.45, 2.75) is 62.9 Å². The van der Waals surface area contributed by atoms with Crippen LogP contribution in [0.15, 0.2) is 0 Å². The van der Waals surface area contributed by atoms with Crippen LogP contribution in [0.5, 0.6) is 0 Å². The minimum Gasteiger partial charge on any atom is -0.480 e. The van der Waals surface area contributed by atoms with Crippen LogP contribution >= 0.6 is 0 Å². The average molecular weight is 266 g/mol. The summed E-state index contributed by atoms with van der Waals surface area (Å²) in [6, 6.07) is 0.462. The molecule has 0 bridgehead atoms. The molecule has 1 unspecified atom stereocenters. The molecule has 108 valence electrons. The summed E-state index contributed by atoms with van der Waals surface area (Å²) in [5.41, 5.74) is -0.661. The number of carbonyl (C=O) groups is 1. The highest BCUT2D eigenvalue weighted by Crippen LogP contribution is 2.42. The maximum absolute atomic E-state index is 11.9. The van der Waals surface area contributed by atoms with Crippen LogP contribution in [-0.2, 0) is 4.79 Å². The van der Waals surface area contributed by atoms with Crippen LogP contribution in [0.4, 0.5) is 0 Å². The second-order valence-electron chi connectivity index (χ2n) is 6.66. The Hall–Kier alpha value is -0.610. The Morgan fingerprint density at radius 2 is 1.74 bits per heavy atom. The monoisotopic (exact) mass is 266 g/mol. The number of rotatable bonds is 6. The van der Waals surface area contributed by atoms with Crippen LogP contribution < -0.4 is 5.32 Å². The van der Waals surface area contributed by atoms with E-state index in [0.717, 1.165) is 38.8 Å². The molecular weight excluding hydrogens is 240 g/mol. The van der Waals surface area contributed by atoms with Crippen LogP contribution in [-0.4, -0.2) is 47.2 Å². The van der Waals surface area contributed by atoms with Gasteiger partial charge < -0.3 is 10.0 Å². The summed E-state index contributed by atoms with van der Waals surface area (Å²) in [5.74, 6) is -0.264. The van der Waals surface area contributed by atoms with Crippen molar-refractivity contribution in [2.24, 2.45) is 5.92 Å². The standard InChI is InChI=1S/C15H26N2O2/c18-14(19)15(12-5-6-12,16-13-7-8-13)11-17-9-3-1-2-4-10-17/h12-13,16H,1-11H2,(H,18,19). The Bertz CT molecular complexity index is 331. The quantitative estimate of drug-likeness (QED) is 0.770. The van der Waals surface area contributed by atoms with Gasteiger partial charge in [0.05, 0.1) is 0 Å². The number of carboxylic acids is 1. The van der Waals surface area contributed by atoms with E-state index in [9.17, 15) is 9.90 Å². The maximum Gasteiger partial charge on any atom is 0.325 e. The van der Waals surface area contributed by atoms with Crippen molar-refractivity contribution >= 4 is 5.97 Å². The molecule has 19 heavy (non-hydrogen) atoms. The van der Waals surface area contributed by atoms with E-state index in [1.807, 2.05) is 0 Å². The summed E-state index contributed by atoms with van der Waals surface area (Å²) in [4.78, 5) is 14.3. The lowest BCUT2D eigenvalue weighted by atomic mass is 9.91. The number of hydrogen-bond acceptors (Lipinski definition) is 3. The molecule has 1 aliphatic heterocycles. The molecule has 3 aliphatic rings. The highest BCUT2D eigenvalue weighted by molar-refractivity contribution is 5.80. The summed E-state index contributed by atoms with van der Waals surface area (Å²) < 4.78 is 0. The van der Waals surface area contributed by atoms with Crippen molar-refractivity contribution in [3.63, 3.8) is 0 Å². The van der Waals surface area contributed by atoms with E-state index < -0.39 is 11.5 Å². The zero-order valence-corrected chi connectivity index (χ0v) is 11.7. The molecule has 3 fully saturated rings. The lowest BCUT2D eigenvalue weighted by Crippen LogP contribution is -2.61. The predicted octanol–water partition coefficient (Wildman–Crippen LogP) is 1.85. The van der Waals surface area contributed by atoms with E-state index in [2.05, 4.69) is 10.2 Å². The normalized spacial score (nSPS) is 28.6. The van der Waals surface area contributed by atoms with Crippen LogP contribution in [0.3, 0.4) is 0 Å². The van der Waals surface area contributed by atoms with Gasteiger partial charge in [0.1, 0.15) is 5.54 Å². The van der Waals surface area contributed by atoms with Crippen molar-refractivity contribution in [2.75, 3.05) is 19.6 Å². The van der Waals surface area contributed by atoms with Crippen LogP contribution in [0, 0.1) is 5.92 Å². The van der Waals surface area contributed by atoms with Crippen molar-refractivity contribution in [3.8, 4) is 0 Å². The topological polar surface area (TPSA) is 52.6 Å². The number of likely N-dealkylation sites (tertiary alicyclic amines) is 1. The van der Waals surface area contributed by atoms with Gasteiger partial charge in [0.2, 0.25) is 0 Å². The predicted molar refractivity (Wildman–Crippen MR) is 74.2 cm³/mol. The molecular formula is C15H26N2O2. The van der Waals surface area contributed by atoms with Gasteiger partial charge in [0, 0.05) is 12.6 Å². The molecule has 2 saturated carbocycles. The van der Waals surface area contributed by atoms with Gasteiger partial charge in [-0.25, -0.2) is 0 Å². The Morgan fingerprint density at radius 3 is 2.21 bits per heavy atom. The van der Waals surface area contributed by atoms with Crippen molar-refractivity contribution in [3.05, 3.63) is 0 Å². The van der Waals surface area contributed by atoms with Gasteiger partial charge in [-0.2, -0.15) is 0 Å². The first-order chi connectivity index (χ1) is 9.21. The maximum atomic E-state index is 11.9. The molecule has 3 rings (SSSR count). The van der Waals surface area contributed by atoms with Crippen LogP contribution in [0.1, 0.15) is 51.4 Å². The Kier molecular flexibility index (Phi) is 3.81. The van der Waals surface area contributed by atoms with E-state index in [4.69, 9.17) is 0 Å². The molecule has 2 N–H and O–H groups in total. The number of hydrogen-bond donors (Lipinski definition) is 2. The molecule has 4 nitrogen and oxygen atoms in total. The van der Waals surface area contributed by atoms with Gasteiger partial charge in [0.25, 0.3) is 0 Å². The molecule has 0 amide bonds. The molecule has 0 radical (unpaired) electrons. The highest BCUT2D eigenvalue weighted by Gasteiger charge is 2.53. The Balaban J connectivity index is 1.71. The molecule has 1 atom stereocenters. The molecule has 0 aromatic carbocycles. The summed E-state index contributed by atoms with van der Waals surface area (Å²) in [5, 5.41) is 13.3. The number of carboxylic acid groups (broad SMARTS) is 1. The van der Waals surface area contributed by atoms with Crippen molar-refractivity contribution in [1.29, 1.82) is 0 Å². The lowest BCUT2D eigenvalue weighted by molar-refractivity contribution is -0.147. The van der Waals surface area contributed by atoms with Gasteiger partial charge in [-0.15, -0.1) is 0 Å². The third kappa shape index (κ3) is 3.11. The van der Waals surface area contributed by atoms with Crippen molar-refractivity contribution in [1.82, 2.24) is 10.2 Å². The van der Waals surface area contributed by atoms with E-state index in [1.54, 1.807) is 0 Å². The van der Waals surface area contributed by atoms with Crippen LogP contribution in [0.25, 0.3) is 0 Å². The summed E-state index contributed by atoms with van der Waals surface area (Å²) in [7, 11) is 0. The zero-order chi connectivity index (χ0) is 13.3. The number of nitrogens with one attached hydrogen (secondary N) is 1. The zero-order valence-electron chi connectivity index (χ0n) is 11.7. The Morgan fingerprint density at radius 1 is 1.11 bits per heavy atom. The summed E-state index contributed by atoms with van der Waals surface area (Å²) >= 11 is 0. The first kappa shape index (κ1) is 13.4. The van der Waals surface area contributed by atoms with E-state index >= 15 is 0 Å². The average Bonchev–Trinajstić information content (AvgIpc) is 3.23. The molecule has 0 aromatic rings. The third-order valence-corrected chi connectivity index (χ3v) is 4.87. The fraction of sp³-hybridized carbons (Fsp3) is 0.933. The largest absolute Gasteiger partial charge is 0.480 e. The second kappa shape index (κ2) is 5.41. The van der Waals surface area contributed by atoms with Gasteiger partial charge in [-0.3, -0.25) is 10.1 Å². The SMILES string of the molecule is O=C(O)C(CN1CCCCCC1)(NC1CC1)C1CC1. The molecule has 2 aliphatic carbocycles. The van der Waals surface area contributed by atoms with Crippen molar-refractivity contribution < 1.29 is 9.90 Å². The summed E-state index contributed by atoms with van der Waals surface area (Å²) in [6.07, 6.45) is 9.53. The number of nitrogens with zero attached hydrogens (tertiary/aromatic N) is 1. The minimum absolute atomic E-state index is 0.355. The third-order valence-electron chi connectivity index (χ3n) is 4.87. The minimum atomic E-state index is -0.661. The lowest BCUT2D eigenvalue weighted by Gasteiger charge is -2.36.